The van der Waals surface area contributed by atoms with Gasteiger partial charge in [-0.05, 0) is 39.3 Å². The second kappa shape index (κ2) is 10.2. The Kier molecular flexibility index (Phi) is 8.62. The van der Waals surface area contributed by atoms with E-state index in [1.807, 2.05) is 6.07 Å². The fourth-order valence-corrected chi connectivity index (χ4v) is 2.44. The van der Waals surface area contributed by atoms with E-state index in [0.29, 0.717) is 12.0 Å². The zero-order valence-corrected chi connectivity index (χ0v) is 15.7. The van der Waals surface area contributed by atoms with Crippen LogP contribution in [0.25, 0.3) is 0 Å². The van der Waals surface area contributed by atoms with E-state index >= 15 is 0 Å². The maximum Gasteiger partial charge on any atom is 0.331 e. The largest absolute Gasteiger partial charge is 0.458 e. The molecule has 1 aromatic carbocycles. The summed E-state index contributed by atoms with van der Waals surface area (Å²) in [6.45, 7) is 7.39. The summed E-state index contributed by atoms with van der Waals surface area (Å²) in [5.74, 6) is -1.01. The van der Waals surface area contributed by atoms with Gasteiger partial charge in [-0.1, -0.05) is 50.8 Å². The van der Waals surface area contributed by atoms with Gasteiger partial charge in [0.2, 0.25) is 0 Å². The van der Waals surface area contributed by atoms with E-state index < -0.39 is 29.6 Å². The standard InChI is InChI=1S/C20H31NO4/c1-5-6-7-11-14-16(22)17(19(24)25-20(2,3)4)21-18(23)15-12-9-8-10-13-15/h8-10,12-13,16-17,22H,5-7,11,14H2,1-4H3,(H,21,23)/t16-,17-/m0/s1. The molecule has 0 fully saturated rings. The Hall–Kier alpha value is -1.88. The van der Waals surface area contributed by atoms with E-state index in [1.165, 1.54) is 0 Å². The first kappa shape index (κ1) is 21.2. The van der Waals surface area contributed by atoms with Crippen LogP contribution in [0.5, 0.6) is 0 Å². The van der Waals surface area contributed by atoms with Crippen molar-refractivity contribution in [1.82, 2.24) is 5.32 Å². The van der Waals surface area contributed by atoms with Crippen LogP contribution in [0.15, 0.2) is 30.3 Å². The van der Waals surface area contributed by atoms with Gasteiger partial charge < -0.3 is 15.2 Å². The molecule has 1 aromatic rings. The number of nitrogens with one attached hydrogen (secondary N) is 1. The van der Waals surface area contributed by atoms with Crippen LogP contribution >= 0.6 is 0 Å². The van der Waals surface area contributed by atoms with Gasteiger partial charge in [0.25, 0.3) is 5.91 Å². The van der Waals surface area contributed by atoms with Gasteiger partial charge in [-0.2, -0.15) is 0 Å². The molecule has 0 heterocycles. The average Bonchev–Trinajstić information content (AvgIpc) is 2.55. The lowest BCUT2D eigenvalue weighted by molar-refractivity contribution is -0.160. The number of amides is 1. The predicted molar refractivity (Wildman–Crippen MR) is 98.3 cm³/mol. The molecule has 0 spiro atoms. The van der Waals surface area contributed by atoms with Crippen LogP contribution < -0.4 is 5.32 Å². The average molecular weight is 349 g/mol. The first-order valence-electron chi connectivity index (χ1n) is 9.01. The second-order valence-corrected chi connectivity index (χ2v) is 7.27. The van der Waals surface area contributed by atoms with Gasteiger partial charge in [0.1, 0.15) is 5.60 Å². The molecule has 0 aliphatic carbocycles. The molecule has 5 heteroatoms. The lowest BCUT2D eigenvalue weighted by Gasteiger charge is -2.27. The number of rotatable bonds is 9. The zero-order valence-electron chi connectivity index (χ0n) is 15.7. The molecule has 0 saturated heterocycles. The van der Waals surface area contributed by atoms with Crippen LogP contribution in [-0.2, 0) is 9.53 Å². The highest BCUT2D eigenvalue weighted by molar-refractivity contribution is 5.96. The Bertz CT molecular complexity index is 536. The van der Waals surface area contributed by atoms with Crippen LogP contribution in [0.3, 0.4) is 0 Å². The molecular formula is C20H31NO4. The van der Waals surface area contributed by atoms with Crippen LogP contribution in [0, 0.1) is 0 Å². The highest BCUT2D eigenvalue weighted by Gasteiger charge is 2.32. The summed E-state index contributed by atoms with van der Waals surface area (Å²) in [6.07, 6.45) is 3.44. The maximum absolute atomic E-state index is 12.5. The van der Waals surface area contributed by atoms with Crippen molar-refractivity contribution in [3.63, 3.8) is 0 Å². The van der Waals surface area contributed by atoms with Crippen molar-refractivity contribution in [1.29, 1.82) is 0 Å². The molecule has 0 saturated carbocycles. The molecule has 140 valence electrons. The lowest BCUT2D eigenvalue weighted by atomic mass is 10.0. The molecule has 2 atom stereocenters. The first-order valence-corrected chi connectivity index (χ1v) is 9.01. The van der Waals surface area contributed by atoms with E-state index in [2.05, 4.69) is 12.2 Å². The zero-order chi connectivity index (χ0) is 18.9. The smallest absolute Gasteiger partial charge is 0.331 e. The predicted octanol–water partition coefficient (Wildman–Crippen LogP) is 3.46. The number of ether oxygens (including phenoxy) is 1. The Morgan fingerprint density at radius 2 is 1.76 bits per heavy atom. The summed E-state index contributed by atoms with van der Waals surface area (Å²) in [4.78, 5) is 24.8. The summed E-state index contributed by atoms with van der Waals surface area (Å²) >= 11 is 0. The molecule has 0 unspecified atom stereocenters. The van der Waals surface area contributed by atoms with Gasteiger partial charge in [0.15, 0.2) is 6.04 Å². The summed E-state index contributed by atoms with van der Waals surface area (Å²) < 4.78 is 5.37. The van der Waals surface area contributed by atoms with Crippen molar-refractivity contribution in [2.24, 2.45) is 0 Å². The summed E-state index contributed by atoms with van der Waals surface area (Å²) in [7, 11) is 0. The highest BCUT2D eigenvalue weighted by atomic mass is 16.6. The maximum atomic E-state index is 12.5. The summed E-state index contributed by atoms with van der Waals surface area (Å²) in [5, 5.41) is 13.1. The number of hydrogen-bond donors (Lipinski definition) is 2. The third-order valence-corrected chi connectivity index (χ3v) is 3.72. The van der Waals surface area contributed by atoms with Gasteiger partial charge in [-0.3, -0.25) is 4.79 Å². The number of aliphatic hydroxyl groups excluding tert-OH is 1. The SMILES string of the molecule is CCCCCC[C@H](O)[C@H](NC(=O)c1ccccc1)C(=O)OC(C)(C)C. The van der Waals surface area contributed by atoms with Gasteiger partial charge in [-0.15, -0.1) is 0 Å². The molecule has 0 aromatic heterocycles. The summed E-state index contributed by atoms with van der Waals surface area (Å²) in [5.41, 5.74) is -0.247. The minimum atomic E-state index is -1.08. The Balaban J connectivity index is 2.79. The quantitative estimate of drug-likeness (QED) is 0.529. The van der Waals surface area contributed by atoms with Gasteiger partial charge in [0, 0.05) is 5.56 Å². The number of aliphatic hydroxyl groups is 1. The monoisotopic (exact) mass is 349 g/mol. The van der Waals surface area contributed by atoms with Gasteiger partial charge in [-0.25, -0.2) is 4.79 Å². The van der Waals surface area contributed by atoms with Crippen molar-refractivity contribution in [2.75, 3.05) is 0 Å². The Morgan fingerprint density at radius 3 is 2.32 bits per heavy atom. The van der Waals surface area contributed by atoms with E-state index in [0.717, 1.165) is 25.7 Å². The third kappa shape index (κ3) is 8.16. The van der Waals surface area contributed by atoms with E-state index in [1.54, 1.807) is 45.0 Å². The van der Waals surface area contributed by atoms with Crippen molar-refractivity contribution in [3.8, 4) is 0 Å². The van der Waals surface area contributed by atoms with Crippen molar-refractivity contribution in [2.45, 2.75) is 77.5 Å². The minimum absolute atomic E-state index is 0.399. The summed E-state index contributed by atoms with van der Waals surface area (Å²) in [6, 6.07) is 7.56. The first-order chi connectivity index (χ1) is 11.7. The van der Waals surface area contributed by atoms with Crippen molar-refractivity contribution in [3.05, 3.63) is 35.9 Å². The Labute approximate surface area is 150 Å². The second-order valence-electron chi connectivity index (χ2n) is 7.27. The number of carbonyl (C=O) groups excluding carboxylic acids is 2. The lowest BCUT2D eigenvalue weighted by Crippen LogP contribution is -2.51. The number of esters is 1. The Morgan fingerprint density at radius 1 is 1.12 bits per heavy atom. The fourth-order valence-electron chi connectivity index (χ4n) is 2.44. The normalized spacial score (nSPS) is 13.8. The molecule has 1 amide bonds. The topological polar surface area (TPSA) is 75.6 Å². The third-order valence-electron chi connectivity index (χ3n) is 3.72. The number of unbranched alkanes of at least 4 members (excludes halogenated alkanes) is 3. The van der Waals surface area contributed by atoms with E-state index in [-0.39, 0.29) is 0 Å². The van der Waals surface area contributed by atoms with Crippen LogP contribution in [0.2, 0.25) is 0 Å². The van der Waals surface area contributed by atoms with E-state index in [4.69, 9.17) is 4.74 Å². The highest BCUT2D eigenvalue weighted by Crippen LogP contribution is 2.14. The molecule has 0 bridgehead atoms. The molecule has 0 aliphatic rings. The number of benzene rings is 1. The van der Waals surface area contributed by atoms with Crippen molar-refractivity contribution < 1.29 is 19.4 Å². The molecular weight excluding hydrogens is 318 g/mol. The minimum Gasteiger partial charge on any atom is -0.458 e. The van der Waals surface area contributed by atoms with E-state index in [9.17, 15) is 14.7 Å². The van der Waals surface area contributed by atoms with Crippen LogP contribution in [-0.4, -0.2) is 34.7 Å². The van der Waals surface area contributed by atoms with Crippen molar-refractivity contribution >= 4 is 11.9 Å². The molecule has 1 rings (SSSR count). The number of hydrogen-bond acceptors (Lipinski definition) is 4. The number of carbonyl (C=O) groups is 2. The molecule has 0 radical (unpaired) electrons. The molecule has 0 aliphatic heterocycles. The molecule has 5 nitrogen and oxygen atoms in total. The molecule has 2 N–H and O–H groups in total. The fraction of sp³-hybridized carbons (Fsp3) is 0.600. The van der Waals surface area contributed by atoms with Gasteiger partial charge in [0.05, 0.1) is 6.10 Å². The van der Waals surface area contributed by atoms with Gasteiger partial charge >= 0.3 is 5.97 Å². The molecule has 25 heavy (non-hydrogen) atoms. The van der Waals surface area contributed by atoms with Crippen LogP contribution in [0.4, 0.5) is 0 Å². The van der Waals surface area contributed by atoms with Crippen LogP contribution in [0.1, 0.15) is 70.2 Å².